The zero-order valence-corrected chi connectivity index (χ0v) is 10.3. The average molecular weight is 271 g/mol. The van der Waals surface area contributed by atoms with Gasteiger partial charge < -0.3 is 17.3 Å². The van der Waals surface area contributed by atoms with Crippen molar-refractivity contribution in [2.75, 3.05) is 0 Å². The summed E-state index contributed by atoms with van der Waals surface area (Å²) in [6, 6.07) is 10.9. The van der Waals surface area contributed by atoms with Crippen LogP contribution in [-0.2, 0) is 12.8 Å². The van der Waals surface area contributed by atoms with Gasteiger partial charge in [0.05, 0.1) is 0 Å². The van der Waals surface area contributed by atoms with Crippen molar-refractivity contribution in [3.05, 3.63) is 41.6 Å². The van der Waals surface area contributed by atoms with Crippen LogP contribution in [0.1, 0.15) is 24.1 Å². The molecule has 3 rings (SSSR count). The summed E-state index contributed by atoms with van der Waals surface area (Å²) in [6.07, 6.45) is 5.15. The van der Waals surface area contributed by atoms with Gasteiger partial charge in [-0.25, -0.2) is 4.98 Å². The summed E-state index contributed by atoms with van der Waals surface area (Å²) >= 11 is 0. The first-order valence-electron chi connectivity index (χ1n) is 6.23. The van der Waals surface area contributed by atoms with Crippen molar-refractivity contribution >= 4 is 18.2 Å². The van der Waals surface area contributed by atoms with Crippen LogP contribution in [0.3, 0.4) is 0 Å². The summed E-state index contributed by atoms with van der Waals surface area (Å²) < 4.78 is 39.0. The van der Waals surface area contributed by atoms with Crippen molar-refractivity contribution in [3.63, 3.8) is 0 Å². The maximum Gasteiger partial charge on any atom is 0.673 e. The summed E-state index contributed by atoms with van der Waals surface area (Å²) in [4.78, 5) is 3.55. The number of H-pyrrole nitrogens is 1. The fraction of sp³-hybridized carbons (Fsp3) is 0.308. The third kappa shape index (κ3) is 4.22. The quantitative estimate of drug-likeness (QED) is 0.510. The van der Waals surface area contributed by atoms with E-state index in [1.807, 2.05) is 0 Å². The van der Waals surface area contributed by atoms with E-state index in [2.05, 4.69) is 35.3 Å². The van der Waals surface area contributed by atoms with Crippen LogP contribution in [-0.4, -0.2) is 7.25 Å². The highest BCUT2D eigenvalue weighted by Crippen LogP contribution is 2.20. The van der Waals surface area contributed by atoms with Gasteiger partial charge in [0.25, 0.3) is 0 Å². The second-order valence-corrected chi connectivity index (χ2v) is 4.56. The van der Waals surface area contributed by atoms with Crippen LogP contribution in [0.25, 0.3) is 10.9 Å². The number of halogens is 4. The van der Waals surface area contributed by atoms with E-state index in [1.54, 1.807) is 0 Å². The van der Waals surface area contributed by atoms with Gasteiger partial charge in [-0.05, 0) is 31.4 Å². The minimum absolute atomic E-state index is 1.22. The van der Waals surface area contributed by atoms with Crippen LogP contribution in [0.15, 0.2) is 30.3 Å². The SMILES string of the molecule is F[B-](F)(F)F.c1ccc2[nH+]c3c(cc2c1)CCCC3. The van der Waals surface area contributed by atoms with Gasteiger partial charge in [-0.15, -0.1) is 0 Å². The Morgan fingerprint density at radius 2 is 1.58 bits per heavy atom. The molecule has 0 radical (unpaired) electrons. The molecule has 0 fully saturated rings. The summed E-state index contributed by atoms with van der Waals surface area (Å²) in [5.74, 6) is 0. The molecule has 0 atom stereocenters. The number of aryl methyl sites for hydroxylation is 2. The Kier molecular flexibility index (Phi) is 4.07. The molecule has 102 valence electrons. The number of rotatable bonds is 0. The van der Waals surface area contributed by atoms with Crippen LogP contribution in [0.5, 0.6) is 0 Å². The number of pyridine rings is 1. The lowest BCUT2D eigenvalue weighted by molar-refractivity contribution is -0.359. The summed E-state index contributed by atoms with van der Waals surface area (Å²) in [5.41, 5.74) is 4.25. The van der Waals surface area contributed by atoms with E-state index < -0.39 is 7.25 Å². The minimum Gasteiger partial charge on any atom is -0.418 e. The van der Waals surface area contributed by atoms with Crippen molar-refractivity contribution < 1.29 is 22.2 Å². The van der Waals surface area contributed by atoms with Gasteiger partial charge in [0, 0.05) is 23.4 Å². The molecule has 0 amide bonds. The molecule has 0 unspecified atom stereocenters. The predicted molar refractivity (Wildman–Crippen MR) is 67.3 cm³/mol. The molecule has 19 heavy (non-hydrogen) atoms. The number of aromatic amines is 1. The largest absolute Gasteiger partial charge is 0.673 e. The van der Waals surface area contributed by atoms with E-state index in [-0.39, 0.29) is 0 Å². The van der Waals surface area contributed by atoms with Crippen molar-refractivity contribution in [3.8, 4) is 0 Å². The lowest BCUT2D eigenvalue weighted by Crippen LogP contribution is -2.18. The maximum atomic E-state index is 9.75. The maximum absolute atomic E-state index is 9.75. The Hall–Kier alpha value is -1.59. The van der Waals surface area contributed by atoms with Crippen LogP contribution < -0.4 is 4.98 Å². The predicted octanol–water partition coefficient (Wildman–Crippen LogP) is 3.83. The second kappa shape index (κ2) is 5.59. The summed E-state index contributed by atoms with van der Waals surface area (Å²) in [5, 5.41) is 1.34. The van der Waals surface area contributed by atoms with Crippen LogP contribution in [0, 0.1) is 0 Å². The lowest BCUT2D eigenvalue weighted by Gasteiger charge is -2.10. The molecule has 0 bridgehead atoms. The van der Waals surface area contributed by atoms with Crippen LogP contribution in [0.2, 0.25) is 0 Å². The van der Waals surface area contributed by atoms with Gasteiger partial charge in [-0.3, -0.25) is 0 Å². The second-order valence-electron chi connectivity index (χ2n) is 4.56. The molecule has 1 aliphatic carbocycles. The molecule has 1 nitrogen and oxygen atoms in total. The molecule has 1 aromatic heterocycles. The van der Waals surface area contributed by atoms with Crippen LogP contribution in [0.4, 0.5) is 17.3 Å². The number of hydrogen-bond donors (Lipinski definition) is 0. The zero-order valence-electron chi connectivity index (χ0n) is 10.3. The lowest BCUT2D eigenvalue weighted by atomic mass is 9.95. The molecular weight excluding hydrogens is 257 g/mol. The summed E-state index contributed by atoms with van der Waals surface area (Å²) in [7, 11) is -6.00. The summed E-state index contributed by atoms with van der Waals surface area (Å²) in [6.45, 7) is 0. The molecule has 1 heterocycles. The molecule has 1 N–H and O–H groups in total. The van der Waals surface area contributed by atoms with Gasteiger partial charge in [-0.2, -0.15) is 0 Å². The molecule has 0 aliphatic heterocycles. The fourth-order valence-electron chi connectivity index (χ4n) is 2.32. The number of benzene rings is 1. The molecule has 0 spiro atoms. The first-order valence-corrected chi connectivity index (χ1v) is 6.23. The average Bonchev–Trinajstić information content (AvgIpc) is 2.34. The van der Waals surface area contributed by atoms with Gasteiger partial charge in [0.15, 0.2) is 5.69 Å². The first kappa shape index (κ1) is 13.8. The normalized spacial score (nSPS) is 14.5. The monoisotopic (exact) mass is 271 g/mol. The number of nitrogens with one attached hydrogen (secondary N) is 1. The third-order valence-corrected chi connectivity index (χ3v) is 3.09. The Labute approximate surface area is 108 Å². The standard InChI is InChI=1S/C13H13N.BF4/c1-3-7-12-10(5-1)9-11-6-2-4-8-13(11)14-12;2-1(3,4)5/h1,3,5,7,9H,2,4,6,8H2;/q;-1/p+1. The topological polar surface area (TPSA) is 14.1 Å². The Morgan fingerprint density at radius 3 is 2.32 bits per heavy atom. The molecule has 2 aromatic rings. The van der Waals surface area contributed by atoms with E-state index in [0.29, 0.717) is 0 Å². The minimum atomic E-state index is -6.00. The molecular formula is C13H14BF4N. The highest BCUT2D eigenvalue weighted by atomic mass is 19.5. The highest BCUT2D eigenvalue weighted by molar-refractivity contribution is 6.50. The van der Waals surface area contributed by atoms with E-state index >= 15 is 0 Å². The fourth-order valence-corrected chi connectivity index (χ4v) is 2.32. The molecule has 1 aliphatic rings. The Morgan fingerprint density at radius 1 is 0.947 bits per heavy atom. The van der Waals surface area contributed by atoms with Crippen molar-refractivity contribution in [1.29, 1.82) is 0 Å². The van der Waals surface area contributed by atoms with Crippen LogP contribution >= 0.6 is 0 Å². The Balaban J connectivity index is 0.000000232. The molecule has 0 saturated carbocycles. The van der Waals surface area contributed by atoms with E-state index in [0.717, 1.165) is 0 Å². The van der Waals surface area contributed by atoms with Gasteiger partial charge >= 0.3 is 7.25 Å². The molecule has 6 heteroatoms. The van der Waals surface area contributed by atoms with Gasteiger partial charge in [-0.1, -0.05) is 12.1 Å². The third-order valence-electron chi connectivity index (χ3n) is 3.09. The molecule has 1 aromatic carbocycles. The van der Waals surface area contributed by atoms with Gasteiger partial charge in [0.2, 0.25) is 5.52 Å². The number of hydrogen-bond acceptors (Lipinski definition) is 0. The number of aromatic nitrogens is 1. The number of fused-ring (bicyclic) bond motifs is 2. The van der Waals surface area contributed by atoms with Crippen molar-refractivity contribution in [2.45, 2.75) is 25.7 Å². The van der Waals surface area contributed by atoms with Gasteiger partial charge in [0.1, 0.15) is 0 Å². The smallest absolute Gasteiger partial charge is 0.418 e. The molecule has 0 saturated heterocycles. The van der Waals surface area contributed by atoms with E-state index in [1.165, 1.54) is 47.8 Å². The highest BCUT2D eigenvalue weighted by Gasteiger charge is 2.20. The first-order chi connectivity index (χ1) is 8.93. The number of para-hydroxylation sites is 1. The van der Waals surface area contributed by atoms with E-state index in [4.69, 9.17) is 0 Å². The van der Waals surface area contributed by atoms with Crippen molar-refractivity contribution in [2.24, 2.45) is 0 Å². The van der Waals surface area contributed by atoms with Crippen molar-refractivity contribution in [1.82, 2.24) is 0 Å². The zero-order chi connectivity index (χ0) is 13.9. The Bertz CT molecular complexity index is 518. The van der Waals surface area contributed by atoms with E-state index in [9.17, 15) is 17.3 Å².